The van der Waals surface area contributed by atoms with Crippen LogP contribution in [0.2, 0.25) is 0 Å². The summed E-state index contributed by atoms with van der Waals surface area (Å²) in [5.41, 5.74) is 1.61. The predicted molar refractivity (Wildman–Crippen MR) is 82.6 cm³/mol. The van der Waals surface area contributed by atoms with Crippen LogP contribution in [0, 0.1) is 0 Å². The number of aromatic hydroxyl groups is 1. The molecule has 0 bridgehead atoms. The summed E-state index contributed by atoms with van der Waals surface area (Å²) in [7, 11) is 2.98. The van der Waals surface area contributed by atoms with Crippen LogP contribution >= 0.6 is 15.9 Å². The molecule has 5 heteroatoms. The lowest BCUT2D eigenvalue weighted by molar-refractivity contribution is 0.340. The minimum atomic E-state index is -0.0178. The van der Waals surface area contributed by atoms with E-state index in [0.29, 0.717) is 11.5 Å². The maximum Gasteiger partial charge on any atom is 0.200 e. The minimum absolute atomic E-state index is 0.0178. The van der Waals surface area contributed by atoms with Gasteiger partial charge in [0, 0.05) is 16.3 Å². The number of hydrogen-bond acceptors (Lipinski definition) is 4. The highest BCUT2D eigenvalue weighted by molar-refractivity contribution is 9.10. The van der Waals surface area contributed by atoms with Crippen LogP contribution in [0.5, 0.6) is 17.2 Å². The Morgan fingerprint density at radius 3 is 2.10 bits per heavy atom. The zero-order chi connectivity index (χ0) is 14.5. The monoisotopic (exact) mass is 335 g/mol. The molecule has 0 amide bonds. The third-order valence-corrected chi connectivity index (χ3v) is 3.22. The fourth-order valence-electron chi connectivity index (χ4n) is 1.66. The molecule has 0 heterocycles. The van der Waals surface area contributed by atoms with E-state index in [9.17, 15) is 5.11 Å². The first-order valence-corrected chi connectivity index (χ1v) is 6.68. The highest BCUT2D eigenvalue weighted by atomic mass is 79.9. The maximum atomic E-state index is 9.83. The van der Waals surface area contributed by atoms with E-state index in [-0.39, 0.29) is 5.75 Å². The Labute approximate surface area is 125 Å². The van der Waals surface area contributed by atoms with Crippen molar-refractivity contribution in [1.29, 1.82) is 0 Å². The van der Waals surface area contributed by atoms with E-state index in [1.165, 1.54) is 14.2 Å². The second-order valence-electron chi connectivity index (χ2n) is 4.01. The van der Waals surface area contributed by atoms with E-state index in [1.807, 2.05) is 24.3 Å². The number of rotatable bonds is 4. The summed E-state index contributed by atoms with van der Waals surface area (Å²) >= 11 is 3.37. The van der Waals surface area contributed by atoms with Gasteiger partial charge in [-0.2, -0.15) is 0 Å². The number of aliphatic imine (C=N–C) groups is 1. The summed E-state index contributed by atoms with van der Waals surface area (Å²) in [6, 6.07) is 11.0. The Morgan fingerprint density at radius 2 is 1.60 bits per heavy atom. The molecule has 4 nitrogen and oxygen atoms in total. The first-order chi connectivity index (χ1) is 9.63. The van der Waals surface area contributed by atoms with Crippen molar-refractivity contribution in [1.82, 2.24) is 0 Å². The molecule has 0 radical (unpaired) electrons. The Hall–Kier alpha value is -2.01. The molecule has 0 fully saturated rings. The average Bonchev–Trinajstić information content (AvgIpc) is 2.47. The van der Waals surface area contributed by atoms with E-state index < -0.39 is 0 Å². The Balaban J connectivity index is 2.31. The van der Waals surface area contributed by atoms with Crippen molar-refractivity contribution in [2.75, 3.05) is 14.2 Å². The van der Waals surface area contributed by atoms with Crippen LogP contribution in [0.25, 0.3) is 0 Å². The van der Waals surface area contributed by atoms with Crippen molar-refractivity contribution in [3.05, 3.63) is 46.4 Å². The molecule has 0 aliphatic rings. The van der Waals surface area contributed by atoms with E-state index >= 15 is 0 Å². The number of phenolic OH excluding ortho intramolecular Hbond substituents is 1. The Morgan fingerprint density at radius 1 is 1.05 bits per heavy atom. The Kier molecular flexibility index (Phi) is 4.63. The van der Waals surface area contributed by atoms with Gasteiger partial charge in [-0.3, -0.25) is 4.99 Å². The van der Waals surface area contributed by atoms with E-state index in [4.69, 9.17) is 9.47 Å². The van der Waals surface area contributed by atoms with Gasteiger partial charge in [0.1, 0.15) is 0 Å². The molecule has 0 aliphatic heterocycles. The van der Waals surface area contributed by atoms with Crippen molar-refractivity contribution in [2.45, 2.75) is 0 Å². The molecular formula is C15H14BrNO3. The quantitative estimate of drug-likeness (QED) is 0.861. The highest BCUT2D eigenvalue weighted by Crippen LogP contribution is 2.36. The number of methoxy groups -OCH3 is 2. The summed E-state index contributed by atoms with van der Waals surface area (Å²) in [5.74, 6) is 0.680. The average molecular weight is 336 g/mol. The van der Waals surface area contributed by atoms with Crippen LogP contribution < -0.4 is 9.47 Å². The second-order valence-corrected chi connectivity index (χ2v) is 4.92. The number of hydrogen-bond donors (Lipinski definition) is 1. The molecule has 2 aromatic carbocycles. The van der Waals surface area contributed by atoms with Gasteiger partial charge in [-0.15, -0.1) is 0 Å². The second kappa shape index (κ2) is 6.43. The van der Waals surface area contributed by atoms with E-state index in [2.05, 4.69) is 20.9 Å². The minimum Gasteiger partial charge on any atom is -0.502 e. The SMILES string of the molecule is COc1cc(/C=N/c2ccc(Br)cc2)cc(OC)c1O. The molecule has 2 rings (SSSR count). The molecule has 2 aromatic rings. The maximum absolute atomic E-state index is 9.83. The van der Waals surface area contributed by atoms with E-state index in [0.717, 1.165) is 15.7 Å². The standard InChI is InChI=1S/C15H14BrNO3/c1-19-13-7-10(8-14(20-2)15(13)18)9-17-12-5-3-11(16)4-6-12/h3-9,18H,1-2H3/b17-9+. The number of halogens is 1. The number of nitrogens with zero attached hydrogens (tertiary/aromatic N) is 1. The molecule has 1 N–H and O–H groups in total. The smallest absolute Gasteiger partial charge is 0.200 e. The van der Waals surface area contributed by atoms with Gasteiger partial charge in [0.05, 0.1) is 19.9 Å². The molecule has 104 valence electrons. The normalized spacial score (nSPS) is 10.8. The van der Waals surface area contributed by atoms with Crippen molar-refractivity contribution < 1.29 is 14.6 Å². The van der Waals surface area contributed by atoms with Crippen molar-refractivity contribution >= 4 is 27.8 Å². The van der Waals surface area contributed by atoms with Crippen LogP contribution in [0.1, 0.15) is 5.56 Å². The topological polar surface area (TPSA) is 51.0 Å². The van der Waals surface area contributed by atoms with Gasteiger partial charge < -0.3 is 14.6 Å². The molecule has 20 heavy (non-hydrogen) atoms. The summed E-state index contributed by atoms with van der Waals surface area (Å²) in [6.07, 6.45) is 1.69. The van der Waals surface area contributed by atoms with Crippen LogP contribution in [0.15, 0.2) is 45.9 Å². The lowest BCUT2D eigenvalue weighted by Gasteiger charge is -2.09. The van der Waals surface area contributed by atoms with Crippen molar-refractivity contribution in [3.63, 3.8) is 0 Å². The van der Waals surface area contributed by atoms with Crippen LogP contribution in [0.4, 0.5) is 5.69 Å². The predicted octanol–water partition coefficient (Wildman–Crippen LogP) is 3.92. The van der Waals surface area contributed by atoms with Gasteiger partial charge in [-0.05, 0) is 36.4 Å². The summed E-state index contributed by atoms with van der Waals surface area (Å²) in [4.78, 5) is 4.36. The molecule has 0 unspecified atom stereocenters. The molecule has 0 saturated carbocycles. The molecule has 0 saturated heterocycles. The molecule has 0 aromatic heterocycles. The first-order valence-electron chi connectivity index (χ1n) is 5.88. The van der Waals surface area contributed by atoms with Gasteiger partial charge >= 0.3 is 0 Å². The van der Waals surface area contributed by atoms with Crippen LogP contribution in [0.3, 0.4) is 0 Å². The van der Waals surface area contributed by atoms with Gasteiger partial charge in [0.2, 0.25) is 5.75 Å². The molecule has 0 spiro atoms. The summed E-state index contributed by atoms with van der Waals surface area (Å²) in [5, 5.41) is 9.83. The fourth-order valence-corrected chi connectivity index (χ4v) is 1.93. The fraction of sp³-hybridized carbons (Fsp3) is 0.133. The summed E-state index contributed by atoms with van der Waals surface area (Å²) < 4.78 is 11.2. The van der Waals surface area contributed by atoms with Gasteiger partial charge in [-0.1, -0.05) is 15.9 Å². The van der Waals surface area contributed by atoms with Gasteiger partial charge in [0.25, 0.3) is 0 Å². The lowest BCUT2D eigenvalue weighted by Crippen LogP contribution is -1.92. The molecule has 0 atom stereocenters. The third kappa shape index (κ3) is 3.30. The first kappa shape index (κ1) is 14.4. The largest absolute Gasteiger partial charge is 0.502 e. The zero-order valence-corrected chi connectivity index (χ0v) is 12.7. The number of ether oxygens (including phenoxy) is 2. The van der Waals surface area contributed by atoms with E-state index in [1.54, 1.807) is 18.3 Å². The Bertz CT molecular complexity index is 599. The van der Waals surface area contributed by atoms with Gasteiger partial charge in [-0.25, -0.2) is 0 Å². The molecular weight excluding hydrogens is 322 g/mol. The number of phenols is 1. The van der Waals surface area contributed by atoms with Crippen LogP contribution in [-0.4, -0.2) is 25.5 Å². The summed E-state index contributed by atoms with van der Waals surface area (Å²) in [6.45, 7) is 0. The number of benzene rings is 2. The molecule has 0 aliphatic carbocycles. The van der Waals surface area contributed by atoms with Crippen LogP contribution in [-0.2, 0) is 0 Å². The lowest BCUT2D eigenvalue weighted by atomic mass is 10.2. The highest BCUT2D eigenvalue weighted by Gasteiger charge is 2.10. The van der Waals surface area contributed by atoms with Crippen molar-refractivity contribution in [2.24, 2.45) is 4.99 Å². The zero-order valence-electron chi connectivity index (χ0n) is 11.1. The van der Waals surface area contributed by atoms with Crippen molar-refractivity contribution in [3.8, 4) is 17.2 Å². The van der Waals surface area contributed by atoms with Gasteiger partial charge in [0.15, 0.2) is 11.5 Å². The third-order valence-electron chi connectivity index (χ3n) is 2.69.